The van der Waals surface area contributed by atoms with E-state index < -0.39 is 0 Å². The van der Waals surface area contributed by atoms with Crippen molar-refractivity contribution in [1.82, 2.24) is 14.8 Å². The Balaban J connectivity index is 2.34. The summed E-state index contributed by atoms with van der Waals surface area (Å²) in [6, 6.07) is 0. The van der Waals surface area contributed by atoms with Crippen molar-refractivity contribution in [2.75, 3.05) is 0 Å². The van der Waals surface area contributed by atoms with Gasteiger partial charge in [-0.25, -0.2) is 9.67 Å². The molecular weight excluding hydrogens is 114 g/mol. The minimum absolute atomic E-state index is 0.316. The molecule has 0 aliphatic heterocycles. The van der Waals surface area contributed by atoms with E-state index >= 15 is 0 Å². The molecule has 9 heavy (non-hydrogen) atoms. The number of aromatic nitrogens is 3. The van der Waals surface area contributed by atoms with Crippen molar-refractivity contribution in [3.8, 4) is 0 Å². The molecule has 1 aromatic heterocycles. The van der Waals surface area contributed by atoms with Gasteiger partial charge in [0.25, 0.3) is 0 Å². The fourth-order valence-electron chi connectivity index (χ4n) is 0.897. The molecule has 48 valence electrons. The lowest BCUT2D eigenvalue weighted by molar-refractivity contribution is 0.471. The van der Waals surface area contributed by atoms with Gasteiger partial charge < -0.3 is 0 Å². The molecule has 2 rings (SSSR count). The summed E-state index contributed by atoms with van der Waals surface area (Å²) in [5.41, 5.74) is 0.316. The molecular formula is C6H9N3. The lowest BCUT2D eigenvalue weighted by Gasteiger charge is -2.05. The standard InChI is InChI=1S/C6H9N3/c1-6(2-3-6)9-5-7-4-8-9/h4-5H,2-3H2,1H3. The molecule has 1 heterocycles. The minimum atomic E-state index is 0.316. The Hall–Kier alpha value is -0.860. The summed E-state index contributed by atoms with van der Waals surface area (Å²) in [4.78, 5) is 3.88. The molecule has 0 atom stereocenters. The molecule has 0 spiro atoms. The first-order chi connectivity index (χ1) is 4.31. The molecule has 0 radical (unpaired) electrons. The van der Waals surface area contributed by atoms with Gasteiger partial charge in [-0.15, -0.1) is 0 Å². The summed E-state index contributed by atoms with van der Waals surface area (Å²) < 4.78 is 1.94. The van der Waals surface area contributed by atoms with Crippen LogP contribution in [0.5, 0.6) is 0 Å². The lowest BCUT2D eigenvalue weighted by atomic mass is 10.3. The van der Waals surface area contributed by atoms with E-state index in [1.807, 2.05) is 4.68 Å². The molecule has 0 amide bonds. The molecule has 0 saturated heterocycles. The third kappa shape index (κ3) is 0.642. The Morgan fingerprint density at radius 1 is 1.56 bits per heavy atom. The van der Waals surface area contributed by atoms with Crippen LogP contribution in [-0.4, -0.2) is 14.8 Å². The highest BCUT2D eigenvalue weighted by atomic mass is 15.4. The monoisotopic (exact) mass is 123 g/mol. The molecule has 1 aliphatic carbocycles. The van der Waals surface area contributed by atoms with E-state index in [2.05, 4.69) is 17.0 Å². The van der Waals surface area contributed by atoms with Crippen molar-refractivity contribution >= 4 is 0 Å². The average molecular weight is 123 g/mol. The highest BCUT2D eigenvalue weighted by Crippen LogP contribution is 2.41. The summed E-state index contributed by atoms with van der Waals surface area (Å²) in [5, 5.41) is 4.06. The van der Waals surface area contributed by atoms with Crippen molar-refractivity contribution in [3.63, 3.8) is 0 Å². The van der Waals surface area contributed by atoms with Crippen LogP contribution in [0.25, 0.3) is 0 Å². The van der Waals surface area contributed by atoms with Gasteiger partial charge in [-0.2, -0.15) is 5.10 Å². The van der Waals surface area contributed by atoms with Gasteiger partial charge >= 0.3 is 0 Å². The average Bonchev–Trinajstić information content (AvgIpc) is 2.46. The second-order valence-corrected chi connectivity index (χ2v) is 2.84. The molecule has 3 nitrogen and oxygen atoms in total. The van der Waals surface area contributed by atoms with Gasteiger partial charge in [0.15, 0.2) is 0 Å². The predicted molar refractivity (Wildman–Crippen MR) is 32.9 cm³/mol. The summed E-state index contributed by atoms with van der Waals surface area (Å²) >= 11 is 0. The van der Waals surface area contributed by atoms with Crippen LogP contribution < -0.4 is 0 Å². The second kappa shape index (κ2) is 1.35. The summed E-state index contributed by atoms with van der Waals surface area (Å²) in [5.74, 6) is 0. The Bertz CT molecular complexity index is 198. The van der Waals surface area contributed by atoms with Crippen molar-refractivity contribution in [2.45, 2.75) is 25.3 Å². The molecule has 1 aliphatic rings. The van der Waals surface area contributed by atoms with E-state index in [4.69, 9.17) is 0 Å². The van der Waals surface area contributed by atoms with E-state index in [0.717, 1.165) is 0 Å². The number of nitrogens with zero attached hydrogens (tertiary/aromatic N) is 3. The van der Waals surface area contributed by atoms with E-state index in [0.29, 0.717) is 5.54 Å². The van der Waals surface area contributed by atoms with E-state index in [9.17, 15) is 0 Å². The largest absolute Gasteiger partial charge is 0.247 e. The molecule has 1 fully saturated rings. The SMILES string of the molecule is CC1(n2cncn2)CC1. The zero-order valence-electron chi connectivity index (χ0n) is 5.41. The number of rotatable bonds is 1. The Kier molecular flexibility index (Phi) is 0.743. The maximum absolute atomic E-state index is 4.06. The van der Waals surface area contributed by atoms with Crippen LogP contribution in [-0.2, 0) is 5.54 Å². The Labute approximate surface area is 53.7 Å². The van der Waals surface area contributed by atoms with Crippen molar-refractivity contribution in [1.29, 1.82) is 0 Å². The highest BCUT2D eigenvalue weighted by Gasteiger charge is 2.39. The molecule has 0 bridgehead atoms. The van der Waals surface area contributed by atoms with Crippen molar-refractivity contribution < 1.29 is 0 Å². The first-order valence-electron chi connectivity index (χ1n) is 3.16. The van der Waals surface area contributed by atoms with Gasteiger partial charge in [-0.3, -0.25) is 0 Å². The summed E-state index contributed by atoms with van der Waals surface area (Å²) in [6.07, 6.45) is 5.86. The second-order valence-electron chi connectivity index (χ2n) is 2.84. The van der Waals surface area contributed by atoms with E-state index in [1.54, 1.807) is 12.7 Å². The first kappa shape index (κ1) is 4.97. The van der Waals surface area contributed by atoms with Crippen molar-refractivity contribution in [2.24, 2.45) is 0 Å². The van der Waals surface area contributed by atoms with Crippen molar-refractivity contribution in [3.05, 3.63) is 12.7 Å². The molecule has 3 heteroatoms. The Morgan fingerprint density at radius 3 is 2.78 bits per heavy atom. The molecule has 1 saturated carbocycles. The lowest BCUT2D eigenvalue weighted by Crippen LogP contribution is -2.11. The maximum Gasteiger partial charge on any atom is 0.137 e. The zero-order valence-corrected chi connectivity index (χ0v) is 5.41. The van der Waals surface area contributed by atoms with E-state index in [1.165, 1.54) is 12.8 Å². The van der Waals surface area contributed by atoms with E-state index in [-0.39, 0.29) is 0 Å². The smallest absolute Gasteiger partial charge is 0.137 e. The van der Waals surface area contributed by atoms with Crippen LogP contribution in [0, 0.1) is 0 Å². The zero-order chi connectivity index (χ0) is 6.32. The highest BCUT2D eigenvalue weighted by molar-refractivity contribution is 4.94. The van der Waals surface area contributed by atoms with Gasteiger partial charge in [0.05, 0.1) is 5.54 Å². The van der Waals surface area contributed by atoms with Crippen LogP contribution >= 0.6 is 0 Å². The number of hydrogen-bond donors (Lipinski definition) is 0. The fourth-order valence-corrected chi connectivity index (χ4v) is 0.897. The number of hydrogen-bond acceptors (Lipinski definition) is 2. The van der Waals surface area contributed by atoms with Gasteiger partial charge in [0.2, 0.25) is 0 Å². The minimum Gasteiger partial charge on any atom is -0.247 e. The van der Waals surface area contributed by atoms with Crippen LogP contribution in [0.15, 0.2) is 12.7 Å². The van der Waals surface area contributed by atoms with Crippen LogP contribution in [0.2, 0.25) is 0 Å². The normalized spacial score (nSPS) is 21.9. The molecule has 0 N–H and O–H groups in total. The maximum atomic E-state index is 4.06. The Morgan fingerprint density at radius 2 is 2.33 bits per heavy atom. The molecule has 0 unspecified atom stereocenters. The van der Waals surface area contributed by atoms with Gasteiger partial charge in [0, 0.05) is 0 Å². The van der Waals surface area contributed by atoms with Crippen LogP contribution in [0.1, 0.15) is 19.8 Å². The third-order valence-electron chi connectivity index (χ3n) is 1.95. The molecule has 0 aromatic carbocycles. The quantitative estimate of drug-likeness (QED) is 0.552. The van der Waals surface area contributed by atoms with Gasteiger partial charge in [0.1, 0.15) is 12.7 Å². The van der Waals surface area contributed by atoms with Crippen LogP contribution in [0.3, 0.4) is 0 Å². The summed E-state index contributed by atoms with van der Waals surface area (Å²) in [7, 11) is 0. The third-order valence-corrected chi connectivity index (χ3v) is 1.95. The van der Waals surface area contributed by atoms with Gasteiger partial charge in [-0.05, 0) is 19.8 Å². The van der Waals surface area contributed by atoms with Gasteiger partial charge in [-0.1, -0.05) is 0 Å². The van der Waals surface area contributed by atoms with Crippen LogP contribution in [0.4, 0.5) is 0 Å². The fraction of sp³-hybridized carbons (Fsp3) is 0.667. The molecule has 1 aromatic rings. The summed E-state index contributed by atoms with van der Waals surface area (Å²) in [6.45, 7) is 2.20. The predicted octanol–water partition coefficient (Wildman–Crippen LogP) is 0.787. The topological polar surface area (TPSA) is 30.7 Å². The first-order valence-corrected chi connectivity index (χ1v) is 3.16.